The number of carboxylic acids is 1. The minimum absolute atomic E-state index is 0.196. The number of piperazine rings is 1. The molecule has 21 heavy (non-hydrogen) atoms. The van der Waals surface area contributed by atoms with Crippen LogP contribution in [0.25, 0.3) is 0 Å². The number of urea groups is 1. The smallest absolute Gasteiger partial charge is 0.329 e. The summed E-state index contributed by atoms with van der Waals surface area (Å²) < 4.78 is 0. The zero-order chi connectivity index (χ0) is 15.6. The SMILES string of the molecule is CC1CCCC(NC(=O)N2CC(=O)NC(=O)C2)(C(=O)O)C1. The largest absolute Gasteiger partial charge is 0.480 e. The molecule has 8 heteroatoms. The van der Waals surface area contributed by atoms with E-state index in [4.69, 9.17) is 0 Å². The molecule has 0 aromatic carbocycles. The van der Waals surface area contributed by atoms with Crippen LogP contribution in [-0.2, 0) is 14.4 Å². The van der Waals surface area contributed by atoms with Crippen molar-refractivity contribution < 1.29 is 24.3 Å². The molecule has 2 rings (SSSR count). The quantitative estimate of drug-likeness (QED) is 0.604. The summed E-state index contributed by atoms with van der Waals surface area (Å²) in [7, 11) is 0. The molecule has 1 aliphatic carbocycles. The number of nitrogens with one attached hydrogen (secondary N) is 2. The first-order valence-corrected chi connectivity index (χ1v) is 6.95. The van der Waals surface area contributed by atoms with Gasteiger partial charge in [-0.1, -0.05) is 19.8 Å². The molecule has 0 radical (unpaired) electrons. The van der Waals surface area contributed by atoms with Crippen LogP contribution in [0.4, 0.5) is 4.79 Å². The van der Waals surface area contributed by atoms with Gasteiger partial charge in [-0.25, -0.2) is 9.59 Å². The Hall–Kier alpha value is -2.12. The molecule has 116 valence electrons. The fourth-order valence-corrected chi connectivity index (χ4v) is 2.98. The average molecular weight is 297 g/mol. The highest BCUT2D eigenvalue weighted by Crippen LogP contribution is 2.32. The maximum atomic E-state index is 12.2. The molecule has 1 saturated heterocycles. The van der Waals surface area contributed by atoms with E-state index in [1.54, 1.807) is 0 Å². The molecule has 1 heterocycles. The number of amides is 4. The molecule has 8 nitrogen and oxygen atoms in total. The van der Waals surface area contributed by atoms with Gasteiger partial charge < -0.3 is 15.3 Å². The van der Waals surface area contributed by atoms with E-state index < -0.39 is 29.4 Å². The van der Waals surface area contributed by atoms with Gasteiger partial charge in [-0.15, -0.1) is 0 Å². The number of hydrogen-bond donors (Lipinski definition) is 3. The third kappa shape index (κ3) is 3.32. The summed E-state index contributed by atoms with van der Waals surface area (Å²) in [5.74, 6) is -2.01. The lowest BCUT2D eigenvalue weighted by Crippen LogP contribution is -2.63. The molecule has 2 atom stereocenters. The Morgan fingerprint density at radius 3 is 2.48 bits per heavy atom. The summed E-state index contributed by atoms with van der Waals surface area (Å²) in [6.45, 7) is 1.45. The van der Waals surface area contributed by atoms with E-state index >= 15 is 0 Å². The summed E-state index contributed by atoms with van der Waals surface area (Å²) in [6, 6.07) is -0.685. The highest BCUT2D eigenvalue weighted by molar-refractivity contribution is 6.02. The summed E-state index contributed by atoms with van der Waals surface area (Å²) in [4.78, 5) is 47.4. The number of carbonyl (C=O) groups excluding carboxylic acids is 3. The molecule has 0 aromatic rings. The standard InChI is InChI=1S/C13H19N3O5/c1-8-3-2-4-13(5-8,11(19)20)15-12(21)16-6-9(17)14-10(18)7-16/h8H,2-7H2,1H3,(H,15,21)(H,19,20)(H,14,17,18). The normalized spacial score (nSPS) is 29.8. The summed E-state index contributed by atoms with van der Waals surface area (Å²) >= 11 is 0. The van der Waals surface area contributed by atoms with Gasteiger partial charge >= 0.3 is 12.0 Å². The first-order valence-electron chi connectivity index (χ1n) is 6.95. The van der Waals surface area contributed by atoms with Crippen molar-refractivity contribution in [3.63, 3.8) is 0 Å². The van der Waals surface area contributed by atoms with E-state index in [-0.39, 0.29) is 19.0 Å². The van der Waals surface area contributed by atoms with Gasteiger partial charge in [-0.3, -0.25) is 14.9 Å². The Balaban J connectivity index is 2.10. The van der Waals surface area contributed by atoms with E-state index in [1.807, 2.05) is 6.92 Å². The topological polar surface area (TPSA) is 116 Å². The first-order chi connectivity index (χ1) is 9.82. The summed E-state index contributed by atoms with van der Waals surface area (Å²) in [6.07, 6.45) is 2.34. The molecule has 3 N–H and O–H groups in total. The van der Waals surface area contributed by atoms with E-state index in [1.165, 1.54) is 0 Å². The Bertz CT molecular complexity index is 476. The second-order valence-corrected chi connectivity index (χ2v) is 5.85. The molecule has 0 spiro atoms. The van der Waals surface area contributed by atoms with Crippen LogP contribution in [0.3, 0.4) is 0 Å². The molecular formula is C13H19N3O5. The van der Waals surface area contributed by atoms with Crippen molar-refractivity contribution in [2.45, 2.75) is 38.1 Å². The van der Waals surface area contributed by atoms with E-state index in [2.05, 4.69) is 10.6 Å². The maximum absolute atomic E-state index is 12.2. The minimum atomic E-state index is -1.31. The van der Waals surface area contributed by atoms with E-state index in [0.717, 1.165) is 11.3 Å². The number of imide groups is 1. The predicted molar refractivity (Wildman–Crippen MR) is 71.3 cm³/mol. The van der Waals surface area contributed by atoms with Crippen LogP contribution in [0.5, 0.6) is 0 Å². The third-order valence-corrected chi connectivity index (χ3v) is 3.99. The monoisotopic (exact) mass is 297 g/mol. The van der Waals surface area contributed by atoms with Gasteiger partial charge in [0.25, 0.3) is 0 Å². The third-order valence-electron chi connectivity index (χ3n) is 3.99. The molecular weight excluding hydrogens is 278 g/mol. The molecule has 1 aliphatic heterocycles. The fourth-order valence-electron chi connectivity index (χ4n) is 2.98. The van der Waals surface area contributed by atoms with Crippen molar-refractivity contribution in [2.75, 3.05) is 13.1 Å². The van der Waals surface area contributed by atoms with Crippen molar-refractivity contribution in [3.05, 3.63) is 0 Å². The lowest BCUT2D eigenvalue weighted by Gasteiger charge is -2.38. The second-order valence-electron chi connectivity index (χ2n) is 5.85. The van der Waals surface area contributed by atoms with Crippen molar-refractivity contribution in [2.24, 2.45) is 5.92 Å². The average Bonchev–Trinajstić information content (AvgIpc) is 2.37. The highest BCUT2D eigenvalue weighted by atomic mass is 16.4. The minimum Gasteiger partial charge on any atom is -0.480 e. The van der Waals surface area contributed by atoms with Gasteiger partial charge in [0, 0.05) is 0 Å². The van der Waals surface area contributed by atoms with Crippen LogP contribution >= 0.6 is 0 Å². The van der Waals surface area contributed by atoms with Crippen LogP contribution in [-0.4, -0.2) is 52.4 Å². The lowest BCUT2D eigenvalue weighted by molar-refractivity contribution is -0.146. The lowest BCUT2D eigenvalue weighted by atomic mass is 9.76. The van der Waals surface area contributed by atoms with Gasteiger partial charge in [-0.05, 0) is 18.8 Å². The number of aliphatic carboxylic acids is 1. The van der Waals surface area contributed by atoms with Crippen molar-refractivity contribution >= 4 is 23.8 Å². The zero-order valence-corrected chi connectivity index (χ0v) is 11.8. The molecule has 1 saturated carbocycles. The van der Waals surface area contributed by atoms with E-state index in [0.29, 0.717) is 19.3 Å². The van der Waals surface area contributed by atoms with Crippen molar-refractivity contribution in [1.29, 1.82) is 0 Å². The van der Waals surface area contributed by atoms with Crippen LogP contribution in [0.1, 0.15) is 32.6 Å². The van der Waals surface area contributed by atoms with Gasteiger partial charge in [0.2, 0.25) is 11.8 Å². The first kappa shape index (κ1) is 15.3. The van der Waals surface area contributed by atoms with Crippen LogP contribution in [0, 0.1) is 5.92 Å². The number of carboxylic acid groups (broad SMARTS) is 1. The summed E-state index contributed by atoms with van der Waals surface area (Å²) in [5, 5.41) is 14.1. The molecule has 2 aliphatic rings. The maximum Gasteiger partial charge on any atom is 0.329 e. The second kappa shape index (κ2) is 5.71. The van der Waals surface area contributed by atoms with Crippen molar-refractivity contribution in [1.82, 2.24) is 15.5 Å². The molecule has 2 unspecified atom stereocenters. The Morgan fingerprint density at radius 2 is 1.95 bits per heavy atom. The molecule has 2 fully saturated rings. The number of nitrogens with zero attached hydrogens (tertiary/aromatic N) is 1. The molecule has 0 bridgehead atoms. The van der Waals surface area contributed by atoms with Gasteiger partial charge in [0.15, 0.2) is 0 Å². The zero-order valence-electron chi connectivity index (χ0n) is 11.8. The van der Waals surface area contributed by atoms with Gasteiger partial charge in [0.05, 0.1) is 0 Å². The fraction of sp³-hybridized carbons (Fsp3) is 0.692. The Kier molecular flexibility index (Phi) is 4.15. The predicted octanol–water partition coefficient (Wildman–Crippen LogP) is -0.312. The van der Waals surface area contributed by atoms with Crippen LogP contribution in [0.2, 0.25) is 0 Å². The summed E-state index contributed by atoms with van der Waals surface area (Å²) in [5.41, 5.74) is -1.31. The van der Waals surface area contributed by atoms with Crippen LogP contribution < -0.4 is 10.6 Å². The Morgan fingerprint density at radius 1 is 1.33 bits per heavy atom. The van der Waals surface area contributed by atoms with E-state index in [9.17, 15) is 24.3 Å². The van der Waals surface area contributed by atoms with Gasteiger partial charge in [-0.2, -0.15) is 0 Å². The molecule has 4 amide bonds. The Labute approximate surface area is 121 Å². The number of rotatable bonds is 2. The number of hydrogen-bond acceptors (Lipinski definition) is 4. The van der Waals surface area contributed by atoms with Crippen LogP contribution in [0.15, 0.2) is 0 Å². The number of carbonyl (C=O) groups is 4. The van der Waals surface area contributed by atoms with Gasteiger partial charge in [0.1, 0.15) is 18.6 Å². The highest BCUT2D eigenvalue weighted by Gasteiger charge is 2.44. The molecule has 0 aromatic heterocycles. The van der Waals surface area contributed by atoms with Crippen molar-refractivity contribution in [3.8, 4) is 0 Å².